The van der Waals surface area contributed by atoms with Crippen LogP contribution in [-0.4, -0.2) is 56.6 Å². The van der Waals surface area contributed by atoms with Crippen LogP contribution in [0.1, 0.15) is 12.6 Å². The standard InChI is InChI=1S/C24H28N6O/c1-5-26-28-17(2)23-24-19(10-11-25-23)20(18-8-6-7-9-21(18)29(3)4)16-22(27-24)30-12-14-31-15-13-30/h5-11,16,28H,2,12-15H2,1,3-4H3/b26-5-. The Hall–Kier alpha value is -3.45. The summed E-state index contributed by atoms with van der Waals surface area (Å²) in [6, 6.07) is 12.6. The first-order valence-electron chi connectivity index (χ1n) is 10.4. The summed E-state index contributed by atoms with van der Waals surface area (Å²) in [4.78, 5) is 14.0. The predicted molar refractivity (Wildman–Crippen MR) is 129 cm³/mol. The van der Waals surface area contributed by atoms with Gasteiger partial charge in [0.25, 0.3) is 0 Å². The molecule has 1 saturated heterocycles. The minimum atomic E-state index is 0.613. The van der Waals surface area contributed by atoms with E-state index in [1.165, 1.54) is 0 Å². The monoisotopic (exact) mass is 416 g/mol. The molecule has 0 atom stereocenters. The molecule has 1 N–H and O–H groups in total. The fourth-order valence-electron chi connectivity index (χ4n) is 3.82. The van der Waals surface area contributed by atoms with Crippen LogP contribution in [0, 0.1) is 0 Å². The number of morpholine rings is 1. The van der Waals surface area contributed by atoms with E-state index >= 15 is 0 Å². The van der Waals surface area contributed by atoms with Crippen LogP contribution in [0.2, 0.25) is 0 Å². The van der Waals surface area contributed by atoms with E-state index in [4.69, 9.17) is 9.72 Å². The van der Waals surface area contributed by atoms with E-state index < -0.39 is 0 Å². The summed E-state index contributed by atoms with van der Waals surface area (Å²) in [5.74, 6) is 0.917. The number of rotatable bonds is 6. The van der Waals surface area contributed by atoms with Gasteiger partial charge in [-0.25, -0.2) is 4.98 Å². The Morgan fingerprint density at radius 2 is 1.97 bits per heavy atom. The molecule has 160 valence electrons. The van der Waals surface area contributed by atoms with Gasteiger partial charge in [0.15, 0.2) is 0 Å². The van der Waals surface area contributed by atoms with Gasteiger partial charge < -0.3 is 14.5 Å². The Kier molecular flexibility index (Phi) is 6.13. The molecule has 1 aliphatic heterocycles. The van der Waals surface area contributed by atoms with Crippen molar-refractivity contribution in [2.45, 2.75) is 6.92 Å². The van der Waals surface area contributed by atoms with Gasteiger partial charge in [-0.1, -0.05) is 24.8 Å². The topological polar surface area (TPSA) is 65.9 Å². The number of hydrogen-bond donors (Lipinski definition) is 1. The number of ether oxygens (including phenoxy) is 1. The van der Waals surface area contributed by atoms with Gasteiger partial charge in [0, 0.05) is 56.2 Å². The largest absolute Gasteiger partial charge is 0.378 e. The zero-order chi connectivity index (χ0) is 21.8. The molecule has 0 radical (unpaired) electrons. The van der Waals surface area contributed by atoms with E-state index in [-0.39, 0.29) is 0 Å². The molecule has 7 heteroatoms. The van der Waals surface area contributed by atoms with Crippen molar-refractivity contribution in [1.29, 1.82) is 0 Å². The number of aromatic nitrogens is 2. The summed E-state index contributed by atoms with van der Waals surface area (Å²) in [5, 5.41) is 5.14. The maximum absolute atomic E-state index is 5.55. The first-order chi connectivity index (χ1) is 15.1. The van der Waals surface area contributed by atoms with Crippen LogP contribution in [0.15, 0.2) is 54.3 Å². The van der Waals surface area contributed by atoms with Crippen LogP contribution in [0.5, 0.6) is 0 Å². The van der Waals surface area contributed by atoms with Crippen LogP contribution in [0.3, 0.4) is 0 Å². The Bertz CT molecular complexity index is 1120. The first kappa shape index (κ1) is 20.8. The predicted octanol–water partition coefficient (Wildman–Crippen LogP) is 3.77. The lowest BCUT2D eigenvalue weighted by Crippen LogP contribution is -2.36. The molecule has 4 rings (SSSR count). The summed E-state index contributed by atoms with van der Waals surface area (Å²) in [6.07, 6.45) is 3.49. The molecule has 0 saturated carbocycles. The van der Waals surface area contributed by atoms with E-state index in [2.05, 4.69) is 76.3 Å². The van der Waals surface area contributed by atoms with Gasteiger partial charge in [0.2, 0.25) is 0 Å². The number of hydrogen-bond acceptors (Lipinski definition) is 7. The molecular weight excluding hydrogens is 388 g/mol. The second-order valence-electron chi connectivity index (χ2n) is 7.57. The fourth-order valence-corrected chi connectivity index (χ4v) is 3.82. The quantitative estimate of drug-likeness (QED) is 0.488. The second-order valence-corrected chi connectivity index (χ2v) is 7.57. The maximum atomic E-state index is 5.55. The minimum absolute atomic E-state index is 0.613. The molecule has 3 heterocycles. The number of anilines is 2. The van der Waals surface area contributed by atoms with Crippen molar-refractivity contribution in [3.63, 3.8) is 0 Å². The molecule has 1 aromatic carbocycles. The van der Waals surface area contributed by atoms with Gasteiger partial charge in [-0.2, -0.15) is 5.10 Å². The highest BCUT2D eigenvalue weighted by Gasteiger charge is 2.20. The van der Waals surface area contributed by atoms with Crippen LogP contribution in [0.25, 0.3) is 27.7 Å². The van der Waals surface area contributed by atoms with E-state index in [1.54, 1.807) is 12.4 Å². The van der Waals surface area contributed by atoms with Crippen molar-refractivity contribution in [2.75, 3.05) is 50.2 Å². The van der Waals surface area contributed by atoms with Gasteiger partial charge in [-0.05, 0) is 30.7 Å². The number of para-hydroxylation sites is 1. The molecule has 0 spiro atoms. The zero-order valence-corrected chi connectivity index (χ0v) is 18.3. The van der Waals surface area contributed by atoms with Gasteiger partial charge >= 0.3 is 0 Å². The summed E-state index contributed by atoms with van der Waals surface area (Å²) < 4.78 is 5.55. The highest BCUT2D eigenvalue weighted by molar-refractivity contribution is 6.02. The smallest absolute Gasteiger partial charge is 0.130 e. The molecule has 1 fully saturated rings. The van der Waals surface area contributed by atoms with E-state index in [0.717, 1.165) is 46.6 Å². The Balaban J connectivity index is 1.97. The first-order valence-corrected chi connectivity index (χ1v) is 10.4. The lowest BCUT2D eigenvalue weighted by molar-refractivity contribution is 0.122. The summed E-state index contributed by atoms with van der Waals surface area (Å²) in [5.41, 5.74) is 8.49. The average molecular weight is 417 g/mol. The molecule has 0 bridgehead atoms. The lowest BCUT2D eigenvalue weighted by Gasteiger charge is -2.29. The van der Waals surface area contributed by atoms with E-state index in [1.807, 2.05) is 13.0 Å². The lowest BCUT2D eigenvalue weighted by atomic mass is 9.98. The third kappa shape index (κ3) is 4.22. The van der Waals surface area contributed by atoms with Crippen molar-refractivity contribution in [3.05, 3.63) is 54.9 Å². The summed E-state index contributed by atoms with van der Waals surface area (Å²) >= 11 is 0. The fraction of sp³-hybridized carbons (Fsp3) is 0.292. The van der Waals surface area contributed by atoms with Crippen LogP contribution in [-0.2, 0) is 4.74 Å². The highest BCUT2D eigenvalue weighted by Crippen LogP contribution is 2.37. The van der Waals surface area contributed by atoms with Gasteiger partial charge in [-0.3, -0.25) is 10.4 Å². The minimum Gasteiger partial charge on any atom is -0.378 e. The third-order valence-electron chi connectivity index (χ3n) is 5.34. The molecule has 2 aromatic heterocycles. The number of nitrogens with one attached hydrogen (secondary N) is 1. The molecule has 0 aliphatic carbocycles. The molecule has 1 aliphatic rings. The Labute approximate surface area is 183 Å². The van der Waals surface area contributed by atoms with E-state index in [0.29, 0.717) is 24.6 Å². The number of pyridine rings is 2. The number of nitrogens with zero attached hydrogens (tertiary/aromatic N) is 5. The average Bonchev–Trinajstić information content (AvgIpc) is 2.82. The summed E-state index contributed by atoms with van der Waals surface area (Å²) in [7, 11) is 4.12. The van der Waals surface area contributed by atoms with Crippen LogP contribution < -0.4 is 15.2 Å². The maximum Gasteiger partial charge on any atom is 0.130 e. The van der Waals surface area contributed by atoms with Gasteiger partial charge in [0.05, 0.1) is 18.9 Å². The van der Waals surface area contributed by atoms with E-state index in [9.17, 15) is 0 Å². The van der Waals surface area contributed by atoms with Crippen molar-refractivity contribution in [3.8, 4) is 11.1 Å². The SMILES string of the molecule is C=C(N/N=C\C)c1nccc2c(-c3ccccc3N(C)C)cc(N3CCOCC3)nc12. The third-order valence-corrected chi connectivity index (χ3v) is 5.34. The van der Waals surface area contributed by atoms with Crippen LogP contribution >= 0.6 is 0 Å². The Morgan fingerprint density at radius 1 is 1.19 bits per heavy atom. The molecule has 3 aromatic rings. The number of hydrazone groups is 1. The highest BCUT2D eigenvalue weighted by atomic mass is 16.5. The molecule has 31 heavy (non-hydrogen) atoms. The number of fused-ring (bicyclic) bond motifs is 1. The molecule has 0 unspecified atom stereocenters. The van der Waals surface area contributed by atoms with Crippen LogP contribution in [0.4, 0.5) is 11.5 Å². The number of benzene rings is 1. The van der Waals surface area contributed by atoms with Crippen molar-refractivity contribution in [1.82, 2.24) is 15.4 Å². The summed E-state index contributed by atoms with van der Waals surface area (Å²) in [6.45, 7) is 8.99. The second kappa shape index (κ2) is 9.14. The van der Waals surface area contributed by atoms with Crippen molar-refractivity contribution >= 4 is 34.3 Å². The van der Waals surface area contributed by atoms with Gasteiger partial charge in [-0.15, -0.1) is 0 Å². The molecule has 7 nitrogen and oxygen atoms in total. The van der Waals surface area contributed by atoms with Gasteiger partial charge in [0.1, 0.15) is 17.0 Å². The zero-order valence-electron chi connectivity index (χ0n) is 18.3. The normalized spacial score (nSPS) is 14.2. The molecular formula is C24H28N6O. The van der Waals surface area contributed by atoms with Crippen molar-refractivity contribution in [2.24, 2.45) is 5.10 Å². The Morgan fingerprint density at radius 3 is 2.71 bits per heavy atom. The molecule has 0 amide bonds. The van der Waals surface area contributed by atoms with Crippen molar-refractivity contribution < 1.29 is 4.74 Å².